The van der Waals surface area contributed by atoms with Crippen molar-refractivity contribution in [2.45, 2.75) is 6.92 Å². The molecule has 0 radical (unpaired) electrons. The first kappa shape index (κ1) is 10.8. The van der Waals surface area contributed by atoms with Crippen LogP contribution in [0.1, 0.15) is 5.82 Å². The van der Waals surface area contributed by atoms with E-state index in [-0.39, 0.29) is 5.43 Å². The van der Waals surface area contributed by atoms with Gasteiger partial charge in [0.2, 0.25) is 5.43 Å². The number of pyridine rings is 1. The van der Waals surface area contributed by atoms with Gasteiger partial charge in [-0.1, -0.05) is 30.3 Å². The summed E-state index contributed by atoms with van der Waals surface area (Å²) in [4.78, 5) is 19.7. The third-order valence-electron chi connectivity index (χ3n) is 3.17. The molecule has 0 fully saturated rings. The first-order chi connectivity index (χ1) is 8.66. The number of rotatable bonds is 1. The van der Waals surface area contributed by atoms with Gasteiger partial charge in [-0.05, 0) is 12.5 Å². The Hall–Kier alpha value is -2.36. The Balaban J connectivity index is 2.32. The van der Waals surface area contributed by atoms with Gasteiger partial charge >= 0.3 is 0 Å². The van der Waals surface area contributed by atoms with Crippen molar-refractivity contribution >= 4 is 11.2 Å². The molecule has 90 valence electrons. The van der Waals surface area contributed by atoms with Crippen molar-refractivity contribution in [1.82, 2.24) is 14.5 Å². The second-order valence-electron chi connectivity index (χ2n) is 4.33. The van der Waals surface area contributed by atoms with Crippen molar-refractivity contribution in [3.63, 3.8) is 0 Å². The fourth-order valence-electron chi connectivity index (χ4n) is 2.12. The molecule has 4 heteroatoms. The Kier molecular flexibility index (Phi) is 2.30. The fourth-order valence-corrected chi connectivity index (χ4v) is 2.12. The van der Waals surface area contributed by atoms with E-state index >= 15 is 0 Å². The SMILES string of the molecule is Cc1nc2[nH]c(-c3ccccc3)cc(=O)c2n1C. The van der Waals surface area contributed by atoms with Crippen molar-refractivity contribution in [1.29, 1.82) is 0 Å². The zero-order valence-corrected chi connectivity index (χ0v) is 10.3. The predicted molar refractivity (Wildman–Crippen MR) is 71.5 cm³/mol. The van der Waals surface area contributed by atoms with Gasteiger partial charge in [0.05, 0.1) is 5.69 Å². The van der Waals surface area contributed by atoms with Crippen LogP contribution in [-0.4, -0.2) is 14.5 Å². The first-order valence-corrected chi connectivity index (χ1v) is 5.78. The van der Waals surface area contributed by atoms with Crippen LogP contribution in [0.15, 0.2) is 41.2 Å². The lowest BCUT2D eigenvalue weighted by molar-refractivity contribution is 0.883. The summed E-state index contributed by atoms with van der Waals surface area (Å²) in [7, 11) is 1.85. The maximum absolute atomic E-state index is 12.1. The number of aryl methyl sites for hydroxylation is 2. The number of nitrogens with one attached hydrogen (secondary N) is 1. The maximum Gasteiger partial charge on any atom is 0.208 e. The molecule has 0 amide bonds. The molecule has 0 atom stereocenters. The summed E-state index contributed by atoms with van der Waals surface area (Å²) in [5.41, 5.74) is 3.03. The van der Waals surface area contributed by atoms with Crippen LogP contribution in [0.5, 0.6) is 0 Å². The van der Waals surface area contributed by atoms with Crippen LogP contribution < -0.4 is 5.43 Å². The lowest BCUT2D eigenvalue weighted by Crippen LogP contribution is -2.06. The first-order valence-electron chi connectivity index (χ1n) is 5.78. The zero-order valence-electron chi connectivity index (χ0n) is 10.3. The molecule has 0 unspecified atom stereocenters. The molecule has 4 nitrogen and oxygen atoms in total. The number of nitrogens with zero attached hydrogens (tertiary/aromatic N) is 2. The highest BCUT2D eigenvalue weighted by atomic mass is 16.1. The van der Waals surface area contributed by atoms with Crippen LogP contribution in [0, 0.1) is 6.92 Å². The fraction of sp³-hybridized carbons (Fsp3) is 0.143. The summed E-state index contributed by atoms with van der Waals surface area (Å²) in [6.45, 7) is 1.88. The number of hydrogen-bond acceptors (Lipinski definition) is 2. The molecule has 1 aromatic carbocycles. The highest BCUT2D eigenvalue weighted by Gasteiger charge is 2.10. The van der Waals surface area contributed by atoms with Crippen molar-refractivity contribution in [2.24, 2.45) is 7.05 Å². The predicted octanol–water partition coefficient (Wildman–Crippen LogP) is 2.24. The third-order valence-corrected chi connectivity index (χ3v) is 3.17. The molecule has 0 spiro atoms. The number of aromatic nitrogens is 3. The molecular weight excluding hydrogens is 226 g/mol. The Bertz CT molecular complexity index is 769. The van der Waals surface area contributed by atoms with E-state index in [1.165, 1.54) is 0 Å². The molecule has 2 heterocycles. The van der Waals surface area contributed by atoms with Crippen LogP contribution in [0.4, 0.5) is 0 Å². The second-order valence-corrected chi connectivity index (χ2v) is 4.33. The Labute approximate surface area is 104 Å². The molecule has 3 rings (SSSR count). The summed E-state index contributed by atoms with van der Waals surface area (Å²) in [6, 6.07) is 11.4. The summed E-state index contributed by atoms with van der Waals surface area (Å²) in [6.07, 6.45) is 0. The minimum atomic E-state index is -0.00861. The van der Waals surface area contributed by atoms with E-state index in [0.29, 0.717) is 11.2 Å². The van der Waals surface area contributed by atoms with E-state index in [9.17, 15) is 4.79 Å². The van der Waals surface area contributed by atoms with Crippen molar-refractivity contribution in [3.8, 4) is 11.3 Å². The average Bonchev–Trinajstić information content (AvgIpc) is 2.66. The normalized spacial score (nSPS) is 11.0. The van der Waals surface area contributed by atoms with Crippen molar-refractivity contribution in [2.75, 3.05) is 0 Å². The third kappa shape index (κ3) is 1.54. The van der Waals surface area contributed by atoms with Gasteiger partial charge in [-0.3, -0.25) is 4.79 Å². The van der Waals surface area contributed by atoms with E-state index in [2.05, 4.69) is 9.97 Å². The molecule has 2 aromatic heterocycles. The van der Waals surface area contributed by atoms with Crippen LogP contribution in [-0.2, 0) is 7.05 Å². The van der Waals surface area contributed by atoms with Crippen LogP contribution in [0.25, 0.3) is 22.4 Å². The molecule has 3 aromatic rings. The Morgan fingerprint density at radius 1 is 1.22 bits per heavy atom. The summed E-state index contributed by atoms with van der Waals surface area (Å²) in [5.74, 6) is 0.823. The number of hydrogen-bond donors (Lipinski definition) is 1. The van der Waals surface area contributed by atoms with Crippen molar-refractivity contribution in [3.05, 3.63) is 52.4 Å². The molecule has 0 aliphatic rings. The number of imidazole rings is 1. The highest BCUT2D eigenvalue weighted by Crippen LogP contribution is 2.17. The van der Waals surface area contributed by atoms with Crippen LogP contribution in [0.3, 0.4) is 0 Å². The molecule has 0 aliphatic carbocycles. The van der Waals surface area contributed by atoms with Crippen LogP contribution in [0.2, 0.25) is 0 Å². The standard InChI is InChI=1S/C14H13N3O/c1-9-15-14-13(17(9)2)12(18)8-11(16-14)10-6-4-3-5-7-10/h3-8H,1-2H3,(H,16,18). The minimum absolute atomic E-state index is 0.00861. The largest absolute Gasteiger partial charge is 0.338 e. The van der Waals surface area contributed by atoms with Gasteiger partial charge in [0, 0.05) is 13.1 Å². The zero-order chi connectivity index (χ0) is 12.7. The quantitative estimate of drug-likeness (QED) is 0.708. The van der Waals surface area contributed by atoms with E-state index in [1.54, 1.807) is 6.07 Å². The molecule has 0 saturated carbocycles. The summed E-state index contributed by atoms with van der Waals surface area (Å²) >= 11 is 0. The monoisotopic (exact) mass is 239 g/mol. The van der Waals surface area contributed by atoms with Gasteiger partial charge in [-0.15, -0.1) is 0 Å². The van der Waals surface area contributed by atoms with E-state index in [0.717, 1.165) is 17.1 Å². The van der Waals surface area contributed by atoms with Crippen molar-refractivity contribution < 1.29 is 0 Å². The molecule has 18 heavy (non-hydrogen) atoms. The summed E-state index contributed by atoms with van der Waals surface area (Å²) < 4.78 is 1.81. The average molecular weight is 239 g/mol. The molecule has 1 N–H and O–H groups in total. The van der Waals surface area contributed by atoms with Gasteiger partial charge in [0.25, 0.3) is 0 Å². The van der Waals surface area contributed by atoms with Crippen LogP contribution >= 0.6 is 0 Å². The smallest absolute Gasteiger partial charge is 0.208 e. The topological polar surface area (TPSA) is 50.7 Å². The van der Waals surface area contributed by atoms with E-state index < -0.39 is 0 Å². The number of H-pyrrole nitrogens is 1. The van der Waals surface area contributed by atoms with Gasteiger partial charge in [0.1, 0.15) is 11.3 Å². The number of aromatic amines is 1. The lowest BCUT2D eigenvalue weighted by atomic mass is 10.1. The summed E-state index contributed by atoms with van der Waals surface area (Å²) in [5, 5.41) is 0. The van der Waals surface area contributed by atoms with E-state index in [4.69, 9.17) is 0 Å². The lowest BCUT2D eigenvalue weighted by Gasteiger charge is -2.01. The molecule has 0 aliphatic heterocycles. The van der Waals surface area contributed by atoms with Gasteiger partial charge in [-0.25, -0.2) is 4.98 Å². The number of fused-ring (bicyclic) bond motifs is 1. The van der Waals surface area contributed by atoms with Gasteiger partial charge in [0.15, 0.2) is 5.65 Å². The van der Waals surface area contributed by atoms with E-state index in [1.807, 2.05) is 48.9 Å². The second kappa shape index (κ2) is 3.84. The van der Waals surface area contributed by atoms with Gasteiger partial charge in [-0.2, -0.15) is 0 Å². The highest BCUT2D eigenvalue weighted by molar-refractivity contribution is 5.75. The molecule has 0 saturated heterocycles. The maximum atomic E-state index is 12.1. The van der Waals surface area contributed by atoms with Gasteiger partial charge < -0.3 is 9.55 Å². The Morgan fingerprint density at radius 3 is 2.67 bits per heavy atom. The Morgan fingerprint density at radius 2 is 1.94 bits per heavy atom. The molecule has 0 bridgehead atoms. The minimum Gasteiger partial charge on any atom is -0.338 e. The number of benzene rings is 1. The molecular formula is C14H13N3O.